The molecule has 0 spiro atoms. The average Bonchev–Trinajstić information content (AvgIpc) is 3.76. The van der Waals surface area contributed by atoms with Crippen molar-refractivity contribution in [1.29, 1.82) is 0 Å². The fourth-order valence-corrected chi connectivity index (χ4v) is 10.6. The Balaban J connectivity index is 1.21. The molecule has 0 saturated heterocycles. The van der Waals surface area contributed by atoms with Crippen molar-refractivity contribution in [2.24, 2.45) is 0 Å². The molecule has 0 atom stereocenters. The molecule has 0 amide bonds. The number of hydrogen-bond donors (Lipinski definition) is 0. The first kappa shape index (κ1) is 25.5. The zero-order chi connectivity index (χ0) is 27.5. The van der Waals surface area contributed by atoms with Gasteiger partial charge >= 0.3 is 0 Å². The minimum atomic E-state index is 0.00180. The molecule has 0 unspecified atom stereocenters. The van der Waals surface area contributed by atoms with Gasteiger partial charge in [-0.25, -0.2) is 9.97 Å². The smallest absolute Gasteiger partial charge is 0.267 e. The van der Waals surface area contributed by atoms with E-state index in [1.807, 2.05) is 60.7 Å². The van der Waals surface area contributed by atoms with Gasteiger partial charge < -0.3 is 0 Å². The Hall–Kier alpha value is -3.18. The zero-order valence-electron chi connectivity index (χ0n) is 22.0. The van der Waals surface area contributed by atoms with Crippen LogP contribution in [0.5, 0.6) is 0 Å². The van der Waals surface area contributed by atoms with Gasteiger partial charge in [-0.1, -0.05) is 59.9 Å². The lowest BCUT2D eigenvalue weighted by Crippen LogP contribution is -2.22. The van der Waals surface area contributed by atoms with Crippen LogP contribution in [0.1, 0.15) is 33.7 Å². The van der Waals surface area contributed by atoms with Gasteiger partial charge in [0.15, 0.2) is 10.3 Å². The summed E-state index contributed by atoms with van der Waals surface area (Å²) in [5, 5.41) is 3.42. The van der Waals surface area contributed by atoms with Gasteiger partial charge in [-0.15, -0.1) is 22.7 Å². The SMILES string of the molecule is O=c1c2c3c(sc2nc(SCSc2nc4sc5c(c4c(=O)n2-c2ccccc2)CCC5)n1-c1ccccc1)CCC3. The third-order valence-electron chi connectivity index (χ3n) is 7.82. The molecule has 2 aliphatic carbocycles. The lowest BCUT2D eigenvalue weighted by molar-refractivity contribution is 0.819. The van der Waals surface area contributed by atoms with E-state index in [1.54, 1.807) is 31.8 Å². The number of aromatic nitrogens is 4. The van der Waals surface area contributed by atoms with Crippen molar-refractivity contribution in [3.63, 3.8) is 0 Å². The summed E-state index contributed by atoms with van der Waals surface area (Å²) in [5.74, 6) is 0. The third-order valence-corrected chi connectivity index (χ3v) is 12.2. The van der Waals surface area contributed by atoms with Crippen LogP contribution in [0.15, 0.2) is 80.6 Å². The lowest BCUT2D eigenvalue weighted by Gasteiger charge is -2.14. The van der Waals surface area contributed by atoms with Gasteiger partial charge in [0.05, 0.1) is 27.2 Å². The van der Waals surface area contributed by atoms with E-state index in [4.69, 9.17) is 9.97 Å². The van der Waals surface area contributed by atoms with Crippen LogP contribution in [0, 0.1) is 0 Å². The number of aryl methyl sites for hydroxylation is 4. The summed E-state index contributed by atoms with van der Waals surface area (Å²) >= 11 is 6.35. The highest BCUT2D eigenvalue weighted by atomic mass is 32.2. The Morgan fingerprint density at radius 2 is 1.07 bits per heavy atom. The van der Waals surface area contributed by atoms with Gasteiger partial charge in [0.1, 0.15) is 9.66 Å². The van der Waals surface area contributed by atoms with Crippen LogP contribution < -0.4 is 11.1 Å². The highest BCUT2D eigenvalue weighted by Crippen LogP contribution is 2.38. The first-order valence-electron chi connectivity index (χ1n) is 13.7. The van der Waals surface area contributed by atoms with Crippen LogP contribution in [0.25, 0.3) is 31.8 Å². The highest BCUT2D eigenvalue weighted by molar-refractivity contribution is 8.15. The molecule has 4 heterocycles. The third kappa shape index (κ3) is 4.22. The van der Waals surface area contributed by atoms with Crippen molar-refractivity contribution in [3.8, 4) is 11.4 Å². The van der Waals surface area contributed by atoms with Crippen molar-refractivity contribution in [2.75, 3.05) is 5.08 Å². The molecule has 2 aliphatic rings. The monoisotopic (exact) mass is 612 g/mol. The molecule has 204 valence electrons. The molecule has 4 aromatic heterocycles. The number of benzene rings is 2. The molecule has 0 bridgehead atoms. The van der Waals surface area contributed by atoms with Crippen molar-refractivity contribution in [3.05, 3.63) is 102 Å². The van der Waals surface area contributed by atoms with Crippen LogP contribution in [-0.2, 0) is 25.7 Å². The Kier molecular flexibility index (Phi) is 6.39. The minimum absolute atomic E-state index is 0.00180. The average molecular weight is 613 g/mol. The van der Waals surface area contributed by atoms with Gasteiger partial charge in [-0.2, -0.15) is 0 Å². The van der Waals surface area contributed by atoms with Gasteiger partial charge in [0, 0.05) is 9.75 Å². The number of rotatable bonds is 6. The predicted molar refractivity (Wildman–Crippen MR) is 171 cm³/mol. The summed E-state index contributed by atoms with van der Waals surface area (Å²) < 4.78 is 3.51. The van der Waals surface area contributed by atoms with Gasteiger partial charge in [0.25, 0.3) is 11.1 Å². The Labute approximate surface area is 252 Å². The van der Waals surface area contributed by atoms with E-state index in [-0.39, 0.29) is 11.1 Å². The second-order valence-corrected chi connectivity index (χ2v) is 14.6. The highest BCUT2D eigenvalue weighted by Gasteiger charge is 2.26. The maximum absolute atomic E-state index is 14.0. The second kappa shape index (κ2) is 10.3. The van der Waals surface area contributed by atoms with E-state index in [0.29, 0.717) is 15.4 Å². The molecule has 6 aromatic rings. The Morgan fingerprint density at radius 3 is 1.51 bits per heavy atom. The Bertz CT molecular complexity index is 1930. The van der Waals surface area contributed by atoms with Crippen LogP contribution in [0.4, 0.5) is 0 Å². The molecular formula is C31H24N4O2S4. The fraction of sp³-hybridized carbons (Fsp3) is 0.226. The first-order chi connectivity index (χ1) is 20.2. The summed E-state index contributed by atoms with van der Waals surface area (Å²) in [5.41, 5.74) is 4.00. The zero-order valence-corrected chi connectivity index (χ0v) is 25.2. The maximum atomic E-state index is 14.0. The summed E-state index contributed by atoms with van der Waals surface area (Å²) in [4.78, 5) is 42.2. The largest absolute Gasteiger partial charge is 0.268 e. The molecule has 0 aliphatic heterocycles. The quantitative estimate of drug-likeness (QED) is 0.114. The first-order valence-corrected chi connectivity index (χ1v) is 17.3. The molecule has 41 heavy (non-hydrogen) atoms. The van der Waals surface area contributed by atoms with E-state index in [1.165, 1.54) is 44.4 Å². The Morgan fingerprint density at radius 1 is 0.634 bits per heavy atom. The molecule has 0 fully saturated rings. The van der Waals surface area contributed by atoms with Crippen LogP contribution in [0.2, 0.25) is 0 Å². The van der Waals surface area contributed by atoms with E-state index in [9.17, 15) is 9.59 Å². The van der Waals surface area contributed by atoms with Gasteiger partial charge in [-0.3, -0.25) is 18.7 Å². The van der Waals surface area contributed by atoms with Gasteiger partial charge in [-0.05, 0) is 73.9 Å². The normalized spacial score (nSPS) is 14.2. The van der Waals surface area contributed by atoms with Gasteiger partial charge in [0.2, 0.25) is 0 Å². The lowest BCUT2D eigenvalue weighted by atomic mass is 10.2. The van der Waals surface area contributed by atoms with E-state index < -0.39 is 0 Å². The number of thioether (sulfide) groups is 2. The number of nitrogens with zero attached hydrogens (tertiary/aromatic N) is 4. The molecule has 10 heteroatoms. The summed E-state index contributed by atoms with van der Waals surface area (Å²) in [6.45, 7) is 0. The van der Waals surface area contributed by atoms with Crippen molar-refractivity contribution >= 4 is 66.6 Å². The summed E-state index contributed by atoms with van der Waals surface area (Å²) in [7, 11) is 0. The van der Waals surface area contributed by atoms with Crippen molar-refractivity contribution in [2.45, 2.75) is 48.8 Å². The fourth-order valence-electron chi connectivity index (χ4n) is 5.99. The second-order valence-electron chi connectivity index (χ2n) is 10.2. The van der Waals surface area contributed by atoms with E-state index in [0.717, 1.165) is 70.3 Å². The molecular weight excluding hydrogens is 589 g/mol. The molecule has 0 N–H and O–H groups in total. The molecule has 0 saturated carbocycles. The topological polar surface area (TPSA) is 69.8 Å². The number of hydrogen-bond acceptors (Lipinski definition) is 8. The number of fused-ring (bicyclic) bond motifs is 6. The molecule has 6 nitrogen and oxygen atoms in total. The van der Waals surface area contributed by atoms with Crippen molar-refractivity contribution in [1.82, 2.24) is 19.1 Å². The molecule has 0 radical (unpaired) electrons. The standard InChI is InChI=1S/C31H24N4O2S4/c36-28-24-20-13-7-15-22(20)40-26(24)32-30(34(28)18-9-3-1-4-10-18)38-17-39-31-33-27-25(21-14-8-16-23(21)41-27)29(37)35(31)19-11-5-2-6-12-19/h1-6,9-12H,7-8,13-17H2. The van der Waals surface area contributed by atoms with E-state index in [2.05, 4.69) is 0 Å². The van der Waals surface area contributed by atoms with E-state index >= 15 is 0 Å². The van der Waals surface area contributed by atoms with Crippen LogP contribution in [0.3, 0.4) is 0 Å². The number of thiophene rings is 2. The predicted octanol–water partition coefficient (Wildman–Crippen LogP) is 7.03. The molecule has 2 aromatic carbocycles. The molecule has 8 rings (SSSR count). The van der Waals surface area contributed by atoms with Crippen molar-refractivity contribution < 1.29 is 0 Å². The maximum Gasteiger partial charge on any atom is 0.267 e. The van der Waals surface area contributed by atoms with Crippen LogP contribution >= 0.6 is 46.2 Å². The minimum Gasteiger partial charge on any atom is -0.268 e. The van der Waals surface area contributed by atoms with Crippen LogP contribution in [-0.4, -0.2) is 24.2 Å². The number of para-hydroxylation sites is 2. The summed E-state index contributed by atoms with van der Waals surface area (Å²) in [6, 6.07) is 19.5. The summed E-state index contributed by atoms with van der Waals surface area (Å²) in [6.07, 6.45) is 6.14.